The highest BCUT2D eigenvalue weighted by atomic mass is 35.7. The lowest BCUT2D eigenvalue weighted by molar-refractivity contribution is 0.0588. The van der Waals surface area contributed by atoms with Gasteiger partial charge in [-0.3, -0.25) is 4.79 Å². The number of piperidine rings is 1. The molecule has 0 radical (unpaired) electrons. The van der Waals surface area contributed by atoms with E-state index in [0.29, 0.717) is 12.5 Å². The Labute approximate surface area is 134 Å². The Morgan fingerprint density at radius 1 is 1.33 bits per heavy atom. The lowest BCUT2D eigenvalue weighted by atomic mass is 9.93. The van der Waals surface area contributed by atoms with Crippen LogP contribution in [0.4, 0.5) is 0 Å². The largest absolute Gasteiger partial charge is 0.336 e. The van der Waals surface area contributed by atoms with Crippen molar-refractivity contribution in [1.29, 1.82) is 0 Å². The molecule has 1 fully saturated rings. The maximum Gasteiger partial charge on any atom is 0.261 e. The van der Waals surface area contributed by atoms with Crippen molar-refractivity contribution >= 4 is 37.2 Å². The molecular formula is C14H17Cl2NO3S. The van der Waals surface area contributed by atoms with Crippen LogP contribution in [0.3, 0.4) is 0 Å². The summed E-state index contributed by atoms with van der Waals surface area (Å²) in [4.78, 5) is 14.2. The topological polar surface area (TPSA) is 54.5 Å². The summed E-state index contributed by atoms with van der Waals surface area (Å²) in [5.41, 5.74) is 0.180. The first-order chi connectivity index (χ1) is 9.70. The summed E-state index contributed by atoms with van der Waals surface area (Å²) in [6, 6.07) is 4.04. The van der Waals surface area contributed by atoms with E-state index in [4.69, 9.17) is 22.3 Å². The standard InChI is InChI=1S/C14H17Cl2NO3S/c1-9-5-6-17(10(2)7-9)14(18)12-8-11(21(16,19)20)3-4-13(12)15/h3-4,8-10H,5-7H2,1-2H3. The van der Waals surface area contributed by atoms with Crippen molar-refractivity contribution in [3.05, 3.63) is 28.8 Å². The highest BCUT2D eigenvalue weighted by Crippen LogP contribution is 2.28. The zero-order chi connectivity index (χ0) is 15.8. The molecule has 7 heteroatoms. The molecule has 2 atom stereocenters. The van der Waals surface area contributed by atoms with E-state index in [0.717, 1.165) is 12.8 Å². The van der Waals surface area contributed by atoms with Crippen molar-refractivity contribution in [2.45, 2.75) is 37.6 Å². The molecular weight excluding hydrogens is 333 g/mol. The molecule has 0 bridgehead atoms. The van der Waals surface area contributed by atoms with Gasteiger partial charge in [0, 0.05) is 23.3 Å². The number of rotatable bonds is 2. The molecule has 1 amide bonds. The van der Waals surface area contributed by atoms with Gasteiger partial charge in [-0.15, -0.1) is 0 Å². The average Bonchev–Trinajstić information content (AvgIpc) is 2.37. The van der Waals surface area contributed by atoms with Crippen LogP contribution in [0, 0.1) is 5.92 Å². The molecule has 0 aliphatic carbocycles. The Morgan fingerprint density at radius 3 is 2.57 bits per heavy atom. The summed E-state index contributed by atoms with van der Waals surface area (Å²) in [5.74, 6) is 0.329. The fourth-order valence-electron chi connectivity index (χ4n) is 2.68. The van der Waals surface area contributed by atoms with Crippen molar-refractivity contribution in [2.24, 2.45) is 5.92 Å². The Hall–Kier alpha value is -0.780. The van der Waals surface area contributed by atoms with E-state index < -0.39 is 9.05 Å². The quantitative estimate of drug-likeness (QED) is 0.767. The molecule has 1 saturated heterocycles. The van der Waals surface area contributed by atoms with Gasteiger partial charge in [-0.05, 0) is 43.9 Å². The number of likely N-dealkylation sites (tertiary alicyclic amines) is 1. The summed E-state index contributed by atoms with van der Waals surface area (Å²) in [5, 5.41) is 0.231. The van der Waals surface area contributed by atoms with Crippen molar-refractivity contribution < 1.29 is 13.2 Å². The number of carbonyl (C=O) groups is 1. The maximum absolute atomic E-state index is 12.6. The van der Waals surface area contributed by atoms with E-state index in [2.05, 4.69) is 6.92 Å². The normalized spacial score (nSPS) is 23.1. The van der Waals surface area contributed by atoms with Crippen molar-refractivity contribution in [3.63, 3.8) is 0 Å². The number of nitrogens with zero attached hydrogens (tertiary/aromatic N) is 1. The van der Waals surface area contributed by atoms with Gasteiger partial charge >= 0.3 is 0 Å². The monoisotopic (exact) mass is 349 g/mol. The minimum Gasteiger partial charge on any atom is -0.336 e. The molecule has 1 aliphatic heterocycles. The van der Waals surface area contributed by atoms with E-state index in [9.17, 15) is 13.2 Å². The Kier molecular flexibility index (Phi) is 4.85. The van der Waals surface area contributed by atoms with Gasteiger partial charge in [0.25, 0.3) is 15.0 Å². The minimum absolute atomic E-state index is 0.105. The molecule has 0 aromatic heterocycles. The minimum atomic E-state index is -3.89. The molecule has 1 aromatic carbocycles. The number of amides is 1. The Balaban J connectivity index is 2.35. The molecule has 2 unspecified atom stereocenters. The van der Waals surface area contributed by atoms with Crippen molar-refractivity contribution in [2.75, 3.05) is 6.54 Å². The molecule has 21 heavy (non-hydrogen) atoms. The molecule has 116 valence electrons. The van der Waals surface area contributed by atoms with Gasteiger partial charge < -0.3 is 4.90 Å². The first kappa shape index (κ1) is 16.6. The van der Waals surface area contributed by atoms with Crippen LogP contribution in [-0.2, 0) is 9.05 Å². The second-order valence-electron chi connectivity index (χ2n) is 5.56. The van der Waals surface area contributed by atoms with Gasteiger partial charge in [-0.2, -0.15) is 0 Å². The lowest BCUT2D eigenvalue weighted by Gasteiger charge is -2.36. The highest BCUT2D eigenvalue weighted by Gasteiger charge is 2.29. The maximum atomic E-state index is 12.6. The summed E-state index contributed by atoms with van der Waals surface area (Å²) in [7, 11) is 1.44. The number of hydrogen-bond donors (Lipinski definition) is 0. The number of carbonyl (C=O) groups excluding carboxylic acids is 1. The smallest absolute Gasteiger partial charge is 0.261 e. The predicted octanol–water partition coefficient (Wildman–Crippen LogP) is 3.53. The van der Waals surface area contributed by atoms with Gasteiger partial charge in [0.1, 0.15) is 0 Å². The second kappa shape index (κ2) is 6.15. The summed E-state index contributed by atoms with van der Waals surface area (Å²) >= 11 is 6.05. The summed E-state index contributed by atoms with van der Waals surface area (Å²) in [6.45, 7) is 4.80. The molecule has 1 aromatic rings. The number of hydrogen-bond acceptors (Lipinski definition) is 3. The van der Waals surface area contributed by atoms with E-state index in [1.165, 1.54) is 18.2 Å². The first-order valence-corrected chi connectivity index (χ1v) is 9.44. The van der Waals surface area contributed by atoms with Crippen molar-refractivity contribution in [1.82, 2.24) is 4.90 Å². The highest BCUT2D eigenvalue weighted by molar-refractivity contribution is 8.13. The third-order valence-electron chi connectivity index (χ3n) is 3.85. The van der Waals surface area contributed by atoms with Gasteiger partial charge in [0.15, 0.2) is 0 Å². The third kappa shape index (κ3) is 3.71. The van der Waals surface area contributed by atoms with Gasteiger partial charge in [-0.1, -0.05) is 18.5 Å². The predicted molar refractivity (Wildman–Crippen MR) is 83.4 cm³/mol. The summed E-state index contributed by atoms with van der Waals surface area (Å²) < 4.78 is 22.8. The zero-order valence-electron chi connectivity index (χ0n) is 11.8. The van der Waals surface area contributed by atoms with Crippen LogP contribution >= 0.6 is 22.3 Å². The average molecular weight is 350 g/mol. The van der Waals surface area contributed by atoms with Gasteiger partial charge in [0.05, 0.1) is 15.5 Å². The van der Waals surface area contributed by atoms with Crippen LogP contribution in [0.15, 0.2) is 23.1 Å². The molecule has 1 heterocycles. The molecule has 0 saturated carbocycles. The van der Waals surface area contributed by atoms with Crippen LogP contribution in [0.2, 0.25) is 5.02 Å². The second-order valence-corrected chi connectivity index (χ2v) is 8.53. The molecule has 0 spiro atoms. The number of benzene rings is 1. The zero-order valence-corrected chi connectivity index (χ0v) is 14.2. The van der Waals surface area contributed by atoms with Crippen molar-refractivity contribution in [3.8, 4) is 0 Å². The van der Waals surface area contributed by atoms with Crippen LogP contribution in [-0.4, -0.2) is 31.8 Å². The Morgan fingerprint density at radius 2 is 2.00 bits per heavy atom. The van der Waals surface area contributed by atoms with Crippen LogP contribution in [0.5, 0.6) is 0 Å². The molecule has 2 rings (SSSR count). The van der Waals surface area contributed by atoms with E-state index in [1.807, 2.05) is 6.92 Å². The van der Waals surface area contributed by atoms with Gasteiger partial charge in [0.2, 0.25) is 0 Å². The molecule has 4 nitrogen and oxygen atoms in total. The lowest BCUT2D eigenvalue weighted by Crippen LogP contribution is -2.44. The Bertz CT molecular complexity index is 660. The summed E-state index contributed by atoms with van der Waals surface area (Å²) in [6.07, 6.45) is 1.86. The van der Waals surface area contributed by atoms with Crippen LogP contribution in [0.1, 0.15) is 37.0 Å². The molecule has 0 N–H and O–H groups in total. The van der Waals surface area contributed by atoms with E-state index >= 15 is 0 Å². The SMILES string of the molecule is CC1CCN(C(=O)c2cc(S(=O)(=O)Cl)ccc2Cl)C(C)C1. The van der Waals surface area contributed by atoms with E-state index in [-0.39, 0.29) is 27.4 Å². The number of halogens is 2. The van der Waals surface area contributed by atoms with Crippen LogP contribution in [0.25, 0.3) is 0 Å². The fourth-order valence-corrected chi connectivity index (χ4v) is 3.66. The first-order valence-electron chi connectivity index (χ1n) is 6.75. The fraction of sp³-hybridized carbons (Fsp3) is 0.500. The third-order valence-corrected chi connectivity index (χ3v) is 5.53. The van der Waals surface area contributed by atoms with Crippen LogP contribution < -0.4 is 0 Å². The molecule has 1 aliphatic rings. The van der Waals surface area contributed by atoms with Gasteiger partial charge in [-0.25, -0.2) is 8.42 Å². The van der Waals surface area contributed by atoms with E-state index in [1.54, 1.807) is 4.90 Å².